The number of benzene rings is 1. The molecule has 1 N–H and O–H groups in total. The second kappa shape index (κ2) is 6.91. The molecule has 1 aromatic carbocycles. The first-order valence-electron chi connectivity index (χ1n) is 7.16. The zero-order chi connectivity index (χ0) is 12.8. The highest BCUT2D eigenvalue weighted by Gasteiger charge is 2.22. The summed E-state index contributed by atoms with van der Waals surface area (Å²) < 4.78 is 5.60. The molecule has 0 aromatic heterocycles. The van der Waals surface area contributed by atoms with E-state index in [4.69, 9.17) is 4.74 Å². The van der Waals surface area contributed by atoms with Crippen molar-refractivity contribution in [2.75, 3.05) is 20.3 Å². The van der Waals surface area contributed by atoms with E-state index in [0.29, 0.717) is 12.0 Å². The van der Waals surface area contributed by atoms with Gasteiger partial charge in [0.25, 0.3) is 0 Å². The zero-order valence-electron chi connectivity index (χ0n) is 11.6. The Morgan fingerprint density at radius 3 is 2.56 bits per heavy atom. The van der Waals surface area contributed by atoms with Gasteiger partial charge in [-0.15, -0.1) is 0 Å². The average Bonchev–Trinajstić information content (AvgIpc) is 2.46. The van der Waals surface area contributed by atoms with Gasteiger partial charge in [0.1, 0.15) is 0 Å². The molecule has 2 nitrogen and oxygen atoms in total. The maximum atomic E-state index is 5.60. The zero-order valence-corrected chi connectivity index (χ0v) is 11.6. The first-order chi connectivity index (χ1) is 8.83. The highest BCUT2D eigenvalue weighted by molar-refractivity contribution is 5.23. The van der Waals surface area contributed by atoms with E-state index in [2.05, 4.69) is 43.6 Å². The number of likely N-dealkylation sites (N-methyl/N-ethyl adjacent to an activating group) is 1. The van der Waals surface area contributed by atoms with Gasteiger partial charge in [-0.2, -0.15) is 0 Å². The quantitative estimate of drug-likeness (QED) is 0.864. The average molecular weight is 247 g/mol. The van der Waals surface area contributed by atoms with Crippen molar-refractivity contribution >= 4 is 0 Å². The van der Waals surface area contributed by atoms with Gasteiger partial charge >= 0.3 is 0 Å². The van der Waals surface area contributed by atoms with Crippen molar-refractivity contribution in [3.05, 3.63) is 35.4 Å². The van der Waals surface area contributed by atoms with Gasteiger partial charge in [-0.3, -0.25) is 0 Å². The lowest BCUT2D eigenvalue weighted by molar-refractivity contribution is 0.0405. The van der Waals surface area contributed by atoms with Crippen LogP contribution in [0.5, 0.6) is 0 Å². The molecule has 1 aliphatic heterocycles. The standard InChI is InChI=1S/C16H25NO/c1-3-13-6-8-14(9-7-13)11-16(17-2)15-5-4-10-18-12-15/h6-9,15-17H,3-5,10-12H2,1-2H3. The summed E-state index contributed by atoms with van der Waals surface area (Å²) in [5.74, 6) is 0.662. The third kappa shape index (κ3) is 3.56. The lowest BCUT2D eigenvalue weighted by Crippen LogP contribution is -2.39. The van der Waals surface area contributed by atoms with E-state index in [9.17, 15) is 0 Å². The Morgan fingerprint density at radius 2 is 2.00 bits per heavy atom. The Bertz CT molecular complexity index is 341. The van der Waals surface area contributed by atoms with Crippen LogP contribution in [0.25, 0.3) is 0 Å². The van der Waals surface area contributed by atoms with E-state index in [1.807, 2.05) is 0 Å². The maximum absolute atomic E-state index is 5.60. The van der Waals surface area contributed by atoms with Gasteiger partial charge in [-0.1, -0.05) is 31.2 Å². The Kier molecular flexibility index (Phi) is 5.21. The fourth-order valence-electron chi connectivity index (χ4n) is 2.75. The molecule has 0 bridgehead atoms. The van der Waals surface area contributed by atoms with Crippen LogP contribution < -0.4 is 5.32 Å². The highest BCUT2D eigenvalue weighted by Crippen LogP contribution is 2.20. The number of rotatable bonds is 5. The van der Waals surface area contributed by atoms with Crippen molar-refractivity contribution in [1.82, 2.24) is 5.32 Å². The first-order valence-corrected chi connectivity index (χ1v) is 7.16. The largest absolute Gasteiger partial charge is 0.381 e. The molecule has 0 amide bonds. The lowest BCUT2D eigenvalue weighted by atomic mass is 9.89. The minimum Gasteiger partial charge on any atom is -0.381 e. The summed E-state index contributed by atoms with van der Waals surface area (Å²) in [4.78, 5) is 0. The van der Waals surface area contributed by atoms with Crippen LogP contribution in [0.3, 0.4) is 0 Å². The molecule has 1 aliphatic rings. The maximum Gasteiger partial charge on any atom is 0.0509 e. The van der Waals surface area contributed by atoms with Crippen LogP contribution in [-0.2, 0) is 17.6 Å². The van der Waals surface area contributed by atoms with E-state index in [0.717, 1.165) is 26.1 Å². The molecule has 1 heterocycles. The van der Waals surface area contributed by atoms with Gasteiger partial charge in [-0.25, -0.2) is 0 Å². The van der Waals surface area contributed by atoms with Crippen LogP contribution in [0.2, 0.25) is 0 Å². The Morgan fingerprint density at radius 1 is 1.28 bits per heavy atom. The summed E-state index contributed by atoms with van der Waals surface area (Å²) in [6, 6.07) is 9.58. The number of ether oxygens (including phenoxy) is 1. The fraction of sp³-hybridized carbons (Fsp3) is 0.625. The van der Waals surface area contributed by atoms with E-state index in [1.165, 1.54) is 24.0 Å². The van der Waals surface area contributed by atoms with Crippen LogP contribution in [0.1, 0.15) is 30.9 Å². The summed E-state index contributed by atoms with van der Waals surface area (Å²) in [5, 5.41) is 3.47. The van der Waals surface area contributed by atoms with E-state index >= 15 is 0 Å². The Balaban J connectivity index is 1.95. The molecule has 1 fully saturated rings. The topological polar surface area (TPSA) is 21.3 Å². The van der Waals surface area contributed by atoms with E-state index in [1.54, 1.807) is 0 Å². The van der Waals surface area contributed by atoms with E-state index in [-0.39, 0.29) is 0 Å². The molecule has 1 aromatic rings. The second-order valence-electron chi connectivity index (χ2n) is 5.25. The van der Waals surface area contributed by atoms with Gasteiger partial charge in [0, 0.05) is 12.6 Å². The molecule has 0 saturated carbocycles. The molecule has 2 atom stereocenters. The van der Waals surface area contributed by atoms with Crippen molar-refractivity contribution < 1.29 is 4.74 Å². The molecule has 1 saturated heterocycles. The third-order valence-corrected chi connectivity index (χ3v) is 4.02. The third-order valence-electron chi connectivity index (χ3n) is 4.02. The van der Waals surface area contributed by atoms with Crippen LogP contribution in [0.4, 0.5) is 0 Å². The smallest absolute Gasteiger partial charge is 0.0509 e. The van der Waals surface area contributed by atoms with Gasteiger partial charge in [0.15, 0.2) is 0 Å². The predicted molar refractivity (Wildman–Crippen MR) is 75.9 cm³/mol. The normalized spacial score (nSPS) is 21.8. The predicted octanol–water partition coefficient (Wildman–Crippen LogP) is 2.81. The molecule has 0 radical (unpaired) electrons. The molecular formula is C16H25NO. The van der Waals surface area contributed by atoms with E-state index < -0.39 is 0 Å². The lowest BCUT2D eigenvalue weighted by Gasteiger charge is -2.30. The molecule has 2 unspecified atom stereocenters. The van der Waals surface area contributed by atoms with Crippen molar-refractivity contribution in [2.24, 2.45) is 5.92 Å². The summed E-state index contributed by atoms with van der Waals surface area (Å²) in [5.41, 5.74) is 2.85. The number of hydrogen-bond donors (Lipinski definition) is 1. The summed E-state index contributed by atoms with van der Waals surface area (Å²) in [6.45, 7) is 4.06. The van der Waals surface area contributed by atoms with Crippen LogP contribution in [0.15, 0.2) is 24.3 Å². The minimum absolute atomic E-state index is 0.540. The SMILES string of the molecule is CCc1ccc(CC(NC)C2CCCOC2)cc1. The van der Waals surface area contributed by atoms with Crippen LogP contribution in [0, 0.1) is 5.92 Å². The monoisotopic (exact) mass is 247 g/mol. The van der Waals surface area contributed by atoms with Crippen LogP contribution >= 0.6 is 0 Å². The highest BCUT2D eigenvalue weighted by atomic mass is 16.5. The number of hydrogen-bond acceptors (Lipinski definition) is 2. The molecular weight excluding hydrogens is 222 g/mol. The number of aryl methyl sites for hydroxylation is 1. The van der Waals surface area contributed by atoms with Gasteiger partial charge < -0.3 is 10.1 Å². The molecule has 18 heavy (non-hydrogen) atoms. The second-order valence-corrected chi connectivity index (χ2v) is 5.25. The fourth-order valence-corrected chi connectivity index (χ4v) is 2.75. The van der Waals surface area contributed by atoms with Crippen LogP contribution in [-0.4, -0.2) is 26.3 Å². The summed E-state index contributed by atoms with van der Waals surface area (Å²) in [7, 11) is 2.07. The molecule has 0 spiro atoms. The molecule has 2 heteroatoms. The molecule has 100 valence electrons. The van der Waals surface area contributed by atoms with Crippen molar-refractivity contribution in [3.63, 3.8) is 0 Å². The van der Waals surface area contributed by atoms with Crippen molar-refractivity contribution in [3.8, 4) is 0 Å². The van der Waals surface area contributed by atoms with Gasteiger partial charge in [0.2, 0.25) is 0 Å². The summed E-state index contributed by atoms with van der Waals surface area (Å²) in [6.07, 6.45) is 4.72. The van der Waals surface area contributed by atoms with Gasteiger partial charge in [0.05, 0.1) is 6.61 Å². The first kappa shape index (κ1) is 13.6. The Labute approximate surface area is 111 Å². The Hall–Kier alpha value is -0.860. The summed E-state index contributed by atoms with van der Waals surface area (Å²) >= 11 is 0. The van der Waals surface area contributed by atoms with Crippen molar-refractivity contribution in [1.29, 1.82) is 0 Å². The van der Waals surface area contributed by atoms with Crippen molar-refractivity contribution in [2.45, 2.75) is 38.6 Å². The van der Waals surface area contributed by atoms with Gasteiger partial charge in [-0.05, 0) is 49.8 Å². The molecule has 0 aliphatic carbocycles. The number of nitrogens with one attached hydrogen (secondary N) is 1. The molecule has 2 rings (SSSR count). The minimum atomic E-state index is 0.540.